The highest BCUT2D eigenvalue weighted by Crippen LogP contribution is 2.19. The van der Waals surface area contributed by atoms with Gasteiger partial charge in [-0.05, 0) is 48.7 Å². The third-order valence-corrected chi connectivity index (χ3v) is 4.10. The molecule has 1 fully saturated rings. The molecule has 2 aromatic carbocycles. The number of nitrogens with one attached hydrogen (secondary N) is 2. The van der Waals surface area contributed by atoms with Gasteiger partial charge in [-0.3, -0.25) is 9.59 Å². The zero-order chi connectivity index (χ0) is 18.4. The van der Waals surface area contributed by atoms with E-state index in [0.29, 0.717) is 17.4 Å². The Bertz CT molecular complexity index is 817. The largest absolute Gasteiger partial charge is 0.489 e. The van der Waals surface area contributed by atoms with Crippen molar-refractivity contribution in [1.82, 2.24) is 10.7 Å². The fraction of sp³-hybridized carbons (Fsp3) is 0.211. The number of carbonyl (C=O) groups is 2. The molecule has 0 bridgehead atoms. The number of nitrogens with zero attached hydrogens (tertiary/aromatic N) is 1. The second kappa shape index (κ2) is 8.49. The Kier molecular flexibility index (Phi) is 5.86. The Morgan fingerprint density at radius 2 is 1.85 bits per heavy atom. The molecule has 134 valence electrons. The Hall–Kier alpha value is -2.86. The summed E-state index contributed by atoms with van der Waals surface area (Å²) in [6.07, 6.45) is 3.31. The number of halogens is 1. The molecule has 2 N–H and O–H groups in total. The van der Waals surface area contributed by atoms with Crippen molar-refractivity contribution in [3.05, 3.63) is 64.7 Å². The molecule has 0 saturated heterocycles. The van der Waals surface area contributed by atoms with Gasteiger partial charge in [-0.15, -0.1) is 0 Å². The standard InChI is InChI=1S/C19H18ClN3O3/c20-17-4-2-1-3-14(17)12-26-16-9-5-13(6-10-16)11-21-23-19(25)18(24)22-15-7-8-15/h1-6,9-11,15H,7-8,12H2,(H,22,24)(H,23,25). The zero-order valence-electron chi connectivity index (χ0n) is 13.9. The van der Waals surface area contributed by atoms with Crippen molar-refractivity contribution in [2.24, 2.45) is 5.10 Å². The van der Waals surface area contributed by atoms with E-state index in [2.05, 4.69) is 15.8 Å². The Morgan fingerprint density at radius 1 is 1.12 bits per heavy atom. The third-order valence-electron chi connectivity index (χ3n) is 3.73. The summed E-state index contributed by atoms with van der Waals surface area (Å²) < 4.78 is 5.69. The van der Waals surface area contributed by atoms with Crippen LogP contribution in [0.1, 0.15) is 24.0 Å². The minimum absolute atomic E-state index is 0.135. The van der Waals surface area contributed by atoms with E-state index in [1.165, 1.54) is 6.21 Å². The highest BCUT2D eigenvalue weighted by molar-refractivity contribution is 6.35. The highest BCUT2D eigenvalue weighted by Gasteiger charge is 2.26. The molecule has 1 saturated carbocycles. The number of carbonyl (C=O) groups excluding carboxylic acids is 2. The van der Waals surface area contributed by atoms with Gasteiger partial charge in [0.2, 0.25) is 0 Å². The van der Waals surface area contributed by atoms with Crippen molar-refractivity contribution in [3.8, 4) is 5.75 Å². The second-order valence-corrected chi connectivity index (χ2v) is 6.30. The lowest BCUT2D eigenvalue weighted by Crippen LogP contribution is -2.38. The van der Waals surface area contributed by atoms with Gasteiger partial charge in [0.05, 0.1) is 6.21 Å². The van der Waals surface area contributed by atoms with Gasteiger partial charge in [0, 0.05) is 16.6 Å². The van der Waals surface area contributed by atoms with Gasteiger partial charge < -0.3 is 10.1 Å². The van der Waals surface area contributed by atoms with Gasteiger partial charge in [-0.2, -0.15) is 5.10 Å². The number of hydrazone groups is 1. The lowest BCUT2D eigenvalue weighted by molar-refractivity contribution is -0.139. The molecule has 1 aliphatic rings. The van der Waals surface area contributed by atoms with Crippen LogP contribution in [0.15, 0.2) is 53.6 Å². The number of hydrogen-bond acceptors (Lipinski definition) is 4. The van der Waals surface area contributed by atoms with E-state index in [0.717, 1.165) is 24.0 Å². The van der Waals surface area contributed by atoms with Crippen molar-refractivity contribution in [2.45, 2.75) is 25.5 Å². The summed E-state index contributed by atoms with van der Waals surface area (Å²) in [5.74, 6) is -0.740. The van der Waals surface area contributed by atoms with Gasteiger partial charge in [-0.25, -0.2) is 5.43 Å². The molecule has 26 heavy (non-hydrogen) atoms. The van der Waals surface area contributed by atoms with Gasteiger partial charge >= 0.3 is 11.8 Å². The van der Waals surface area contributed by atoms with E-state index in [-0.39, 0.29) is 6.04 Å². The van der Waals surface area contributed by atoms with E-state index >= 15 is 0 Å². The molecule has 0 radical (unpaired) electrons. The SMILES string of the molecule is O=C(NN=Cc1ccc(OCc2ccccc2Cl)cc1)C(=O)NC1CC1. The molecular weight excluding hydrogens is 354 g/mol. The molecule has 2 aromatic rings. The van der Waals surface area contributed by atoms with Crippen LogP contribution in [0, 0.1) is 0 Å². The van der Waals surface area contributed by atoms with Gasteiger partial charge in [0.1, 0.15) is 12.4 Å². The number of rotatable bonds is 6. The summed E-state index contributed by atoms with van der Waals surface area (Å²) in [5.41, 5.74) is 3.88. The summed E-state index contributed by atoms with van der Waals surface area (Å²) in [5, 5.41) is 7.04. The highest BCUT2D eigenvalue weighted by atomic mass is 35.5. The van der Waals surface area contributed by atoms with Crippen LogP contribution >= 0.6 is 11.6 Å². The number of ether oxygens (including phenoxy) is 1. The van der Waals surface area contributed by atoms with Crippen LogP contribution in [0.3, 0.4) is 0 Å². The smallest absolute Gasteiger partial charge is 0.329 e. The first-order valence-electron chi connectivity index (χ1n) is 8.22. The predicted octanol–water partition coefficient (Wildman–Crippen LogP) is 2.65. The van der Waals surface area contributed by atoms with E-state index in [9.17, 15) is 9.59 Å². The van der Waals surface area contributed by atoms with Gasteiger partial charge in [0.15, 0.2) is 0 Å². The van der Waals surface area contributed by atoms with Crippen molar-refractivity contribution in [1.29, 1.82) is 0 Å². The van der Waals surface area contributed by atoms with E-state index < -0.39 is 11.8 Å². The summed E-state index contributed by atoms with van der Waals surface area (Å²) >= 11 is 6.09. The van der Waals surface area contributed by atoms with Crippen LogP contribution in [-0.2, 0) is 16.2 Å². The van der Waals surface area contributed by atoms with Crippen molar-refractivity contribution >= 4 is 29.6 Å². The molecule has 2 amide bonds. The Morgan fingerprint density at radius 3 is 2.54 bits per heavy atom. The van der Waals surface area contributed by atoms with E-state index in [1.807, 2.05) is 24.3 Å². The average molecular weight is 372 g/mol. The first-order chi connectivity index (χ1) is 12.6. The normalized spacial score (nSPS) is 13.4. The van der Waals surface area contributed by atoms with E-state index in [4.69, 9.17) is 16.3 Å². The maximum Gasteiger partial charge on any atom is 0.329 e. The monoisotopic (exact) mass is 371 g/mol. The fourth-order valence-electron chi connectivity index (χ4n) is 2.12. The van der Waals surface area contributed by atoms with Gasteiger partial charge in [0.25, 0.3) is 0 Å². The second-order valence-electron chi connectivity index (χ2n) is 5.90. The van der Waals surface area contributed by atoms with Crippen LogP contribution in [0.2, 0.25) is 5.02 Å². The van der Waals surface area contributed by atoms with Crippen LogP contribution < -0.4 is 15.5 Å². The summed E-state index contributed by atoms with van der Waals surface area (Å²) in [6.45, 7) is 0.374. The third kappa shape index (κ3) is 5.32. The fourth-order valence-corrected chi connectivity index (χ4v) is 2.31. The molecule has 1 aliphatic carbocycles. The molecule has 0 atom stereocenters. The Balaban J connectivity index is 1.47. The number of hydrogen-bond donors (Lipinski definition) is 2. The first kappa shape index (κ1) is 17.9. The van der Waals surface area contributed by atoms with Crippen molar-refractivity contribution < 1.29 is 14.3 Å². The maximum absolute atomic E-state index is 11.5. The molecule has 3 rings (SSSR count). The topological polar surface area (TPSA) is 79.8 Å². The van der Waals surface area contributed by atoms with Crippen LogP contribution in [0.25, 0.3) is 0 Å². The summed E-state index contributed by atoms with van der Waals surface area (Å²) in [6, 6.07) is 14.8. The van der Waals surface area contributed by atoms with Crippen LogP contribution in [-0.4, -0.2) is 24.1 Å². The number of amides is 2. The van der Waals surface area contributed by atoms with Crippen LogP contribution in [0.5, 0.6) is 5.75 Å². The first-order valence-corrected chi connectivity index (χ1v) is 8.60. The van der Waals surface area contributed by atoms with Crippen molar-refractivity contribution in [2.75, 3.05) is 0 Å². The molecular formula is C19H18ClN3O3. The summed E-state index contributed by atoms with van der Waals surface area (Å²) in [7, 11) is 0. The van der Waals surface area contributed by atoms with Crippen molar-refractivity contribution in [3.63, 3.8) is 0 Å². The maximum atomic E-state index is 11.5. The lowest BCUT2D eigenvalue weighted by atomic mass is 10.2. The lowest BCUT2D eigenvalue weighted by Gasteiger charge is -2.07. The minimum atomic E-state index is -0.771. The average Bonchev–Trinajstić information content (AvgIpc) is 3.46. The number of benzene rings is 2. The molecule has 0 unspecified atom stereocenters. The molecule has 0 aromatic heterocycles. The Labute approximate surface area is 156 Å². The minimum Gasteiger partial charge on any atom is -0.489 e. The van der Waals surface area contributed by atoms with E-state index in [1.54, 1.807) is 24.3 Å². The van der Waals surface area contributed by atoms with Gasteiger partial charge in [-0.1, -0.05) is 29.8 Å². The zero-order valence-corrected chi connectivity index (χ0v) is 14.7. The molecule has 6 nitrogen and oxygen atoms in total. The molecule has 0 heterocycles. The molecule has 0 spiro atoms. The van der Waals surface area contributed by atoms with Crippen LogP contribution in [0.4, 0.5) is 0 Å². The predicted molar refractivity (Wildman–Crippen MR) is 99.1 cm³/mol. The molecule has 7 heteroatoms. The quantitative estimate of drug-likeness (QED) is 0.465. The molecule has 0 aliphatic heterocycles. The summed E-state index contributed by atoms with van der Waals surface area (Å²) in [4.78, 5) is 23.0.